The first-order valence-electron chi connectivity index (χ1n) is 5.38. The van der Waals surface area contributed by atoms with Crippen LogP contribution >= 0.6 is 11.8 Å². The minimum Gasteiger partial charge on any atom is -0.731 e. The van der Waals surface area contributed by atoms with Crippen LogP contribution in [-0.2, 0) is 24.6 Å². The van der Waals surface area contributed by atoms with E-state index in [0.29, 0.717) is 12.4 Å². The summed E-state index contributed by atoms with van der Waals surface area (Å²) in [5.74, 6) is -0.0251. The number of nitrogens with zero attached hydrogens (tertiary/aromatic N) is 1. The number of carbonyl (C=O) groups excluding carboxylic acids is 2. The Morgan fingerprint density at radius 3 is 2.80 bits per heavy atom. The molecule has 20 heavy (non-hydrogen) atoms. The van der Waals surface area contributed by atoms with Crippen molar-refractivity contribution in [1.82, 2.24) is 9.62 Å². The van der Waals surface area contributed by atoms with Crippen molar-refractivity contribution in [2.45, 2.75) is 12.5 Å². The van der Waals surface area contributed by atoms with Gasteiger partial charge in [-0.3, -0.25) is 9.59 Å². The van der Waals surface area contributed by atoms with Crippen LogP contribution in [0, 0.1) is 0 Å². The van der Waals surface area contributed by atoms with Crippen molar-refractivity contribution in [3.63, 3.8) is 0 Å². The summed E-state index contributed by atoms with van der Waals surface area (Å²) in [4.78, 5) is 22.9. The summed E-state index contributed by atoms with van der Waals surface area (Å²) in [6.07, 6.45) is -0.0130. The van der Waals surface area contributed by atoms with Crippen LogP contribution in [0.2, 0.25) is 0 Å². The Kier molecular flexibility index (Phi) is 6.35. The molecule has 2 aliphatic rings. The van der Waals surface area contributed by atoms with Crippen LogP contribution in [-0.4, -0.2) is 54.0 Å². The summed E-state index contributed by atoms with van der Waals surface area (Å²) >= 11 is 1.53. The van der Waals surface area contributed by atoms with Crippen molar-refractivity contribution in [1.29, 1.82) is 0 Å². The maximum atomic E-state index is 11.6. The molecule has 0 bridgehead atoms. The second kappa shape index (κ2) is 7.14. The van der Waals surface area contributed by atoms with Gasteiger partial charge in [0.25, 0.3) is 5.91 Å². The second-order valence-electron chi connectivity index (χ2n) is 3.93. The van der Waals surface area contributed by atoms with Crippen LogP contribution in [0.25, 0.3) is 0 Å². The smallest absolute Gasteiger partial charge is 0.731 e. The van der Waals surface area contributed by atoms with E-state index in [0.717, 1.165) is 5.75 Å². The Labute approximate surface area is 142 Å². The van der Waals surface area contributed by atoms with Gasteiger partial charge >= 0.3 is 29.6 Å². The molecule has 2 heterocycles. The Balaban J connectivity index is 0.00000200. The molecule has 2 amide bonds. The van der Waals surface area contributed by atoms with Gasteiger partial charge in [0.2, 0.25) is 5.91 Å². The normalized spacial score (nSPS) is 22.1. The van der Waals surface area contributed by atoms with E-state index in [4.69, 9.17) is 4.74 Å². The quantitative estimate of drug-likeness (QED) is 0.315. The first-order chi connectivity index (χ1) is 8.88. The molecule has 1 atom stereocenters. The predicted molar refractivity (Wildman–Crippen MR) is 64.5 cm³/mol. The van der Waals surface area contributed by atoms with Gasteiger partial charge in [-0.15, -0.1) is 11.8 Å². The molecule has 1 unspecified atom stereocenters. The maximum absolute atomic E-state index is 11.6. The van der Waals surface area contributed by atoms with Crippen molar-refractivity contribution in [3.05, 3.63) is 11.2 Å². The third-order valence-corrected chi connectivity index (χ3v) is 4.24. The topological polar surface area (TPSA) is 116 Å². The van der Waals surface area contributed by atoms with E-state index in [2.05, 4.69) is 5.32 Å². The summed E-state index contributed by atoms with van der Waals surface area (Å²) in [6.45, 7) is 0.208. The molecule has 0 aliphatic carbocycles. The number of nitrogens with one attached hydrogen (secondary N) is 1. The zero-order valence-corrected chi connectivity index (χ0v) is 14.3. The van der Waals surface area contributed by atoms with Crippen molar-refractivity contribution in [2.24, 2.45) is 0 Å². The molecule has 1 saturated heterocycles. The zero-order valence-electron chi connectivity index (χ0n) is 10.7. The van der Waals surface area contributed by atoms with Crippen LogP contribution < -0.4 is 34.9 Å². The Morgan fingerprint density at radius 1 is 1.60 bits per heavy atom. The first-order valence-corrected chi connectivity index (χ1v) is 7.79. The summed E-state index contributed by atoms with van der Waals surface area (Å²) in [5.41, 5.74) is 0. The molecule has 0 saturated carbocycles. The van der Waals surface area contributed by atoms with Gasteiger partial charge in [-0.2, -0.15) is 0 Å². The fourth-order valence-corrected chi connectivity index (χ4v) is 2.92. The minimum absolute atomic E-state index is 0. The molecule has 1 N–H and O–H groups in total. The maximum Gasteiger partial charge on any atom is 1.00 e. The number of β-lactam (4-membered cyclic amide) rings is 1. The summed E-state index contributed by atoms with van der Waals surface area (Å²) in [6, 6.07) is -0.951. The second-order valence-corrected chi connectivity index (χ2v) is 6.20. The predicted octanol–water partition coefficient (Wildman–Crippen LogP) is -4.23. The molecular formula is C9H11N2NaO6S2. The van der Waals surface area contributed by atoms with E-state index < -0.39 is 28.2 Å². The van der Waals surface area contributed by atoms with Crippen LogP contribution in [0.1, 0.15) is 6.42 Å². The number of rotatable bonds is 4. The van der Waals surface area contributed by atoms with Gasteiger partial charge in [0.05, 0.1) is 19.6 Å². The molecule has 0 spiro atoms. The van der Waals surface area contributed by atoms with Crippen LogP contribution in [0.5, 0.6) is 0 Å². The molecule has 0 radical (unpaired) electrons. The summed E-state index contributed by atoms with van der Waals surface area (Å²) in [5, 5.41) is 4.07. The van der Waals surface area contributed by atoms with Gasteiger partial charge in [-0.05, 0) is 0 Å². The zero-order chi connectivity index (χ0) is 14.0. The molecular weight excluding hydrogens is 319 g/mol. The van der Waals surface area contributed by atoms with Crippen molar-refractivity contribution in [3.8, 4) is 0 Å². The largest absolute Gasteiger partial charge is 1.00 e. The monoisotopic (exact) mass is 330 g/mol. The van der Waals surface area contributed by atoms with Crippen molar-refractivity contribution >= 4 is 33.9 Å². The van der Waals surface area contributed by atoms with Crippen LogP contribution in [0.4, 0.5) is 0 Å². The Morgan fingerprint density at radius 2 is 2.30 bits per heavy atom. The fraction of sp³-hybridized carbons (Fsp3) is 0.556. The molecule has 11 heteroatoms. The molecule has 0 aromatic heterocycles. The van der Waals surface area contributed by atoms with E-state index in [1.54, 1.807) is 5.41 Å². The number of thioether (sulfide) groups is 1. The number of amides is 2. The minimum atomic E-state index is -4.77. The first kappa shape index (κ1) is 17.8. The molecule has 0 aromatic carbocycles. The molecule has 106 valence electrons. The Hall–Kier alpha value is -0.260. The SMILES string of the molecule is O=C(CC1=CSCCO1)NC1CN(S(=O)(=O)[O-])C1=O.[Na+]. The van der Waals surface area contributed by atoms with E-state index in [-0.39, 0.29) is 46.8 Å². The standard InChI is InChI=1S/C9H12N2O6S2.Na/c12-8(3-6-5-18-2-1-17-6)10-7-4-11(9(7)13)19(14,15)16;/h5,7H,1-4H2,(H,10,12)(H,14,15,16);/q;+1/p-1. The molecule has 1 fully saturated rings. The number of ether oxygens (including phenoxy) is 1. The van der Waals surface area contributed by atoms with E-state index in [1.165, 1.54) is 11.8 Å². The summed E-state index contributed by atoms with van der Waals surface area (Å²) in [7, 11) is -4.77. The van der Waals surface area contributed by atoms with E-state index >= 15 is 0 Å². The molecule has 0 aromatic rings. The van der Waals surface area contributed by atoms with Crippen LogP contribution in [0.3, 0.4) is 0 Å². The Bertz CT molecular complexity index is 535. The number of carbonyl (C=O) groups is 2. The third kappa shape index (κ3) is 4.37. The van der Waals surface area contributed by atoms with E-state index in [1.807, 2.05) is 0 Å². The molecule has 8 nitrogen and oxygen atoms in total. The third-order valence-electron chi connectivity index (χ3n) is 2.54. The van der Waals surface area contributed by atoms with Crippen LogP contribution in [0.15, 0.2) is 11.2 Å². The number of hydrogen-bond donors (Lipinski definition) is 1. The van der Waals surface area contributed by atoms with Gasteiger partial charge in [-0.1, -0.05) is 0 Å². The van der Waals surface area contributed by atoms with Gasteiger partial charge in [-0.25, -0.2) is 12.7 Å². The van der Waals surface area contributed by atoms with Gasteiger partial charge < -0.3 is 14.6 Å². The molecule has 2 rings (SSSR count). The molecule has 2 aliphatic heterocycles. The van der Waals surface area contributed by atoms with Gasteiger partial charge in [0.15, 0.2) is 10.3 Å². The average molecular weight is 330 g/mol. The van der Waals surface area contributed by atoms with Gasteiger partial charge in [0, 0.05) is 11.2 Å². The summed E-state index contributed by atoms with van der Waals surface area (Å²) < 4.78 is 37.1. The van der Waals surface area contributed by atoms with E-state index in [9.17, 15) is 22.6 Å². The van der Waals surface area contributed by atoms with Crippen molar-refractivity contribution < 1.29 is 56.9 Å². The fourth-order valence-electron chi connectivity index (χ4n) is 1.61. The number of hydrogen-bond acceptors (Lipinski definition) is 7. The average Bonchev–Trinajstić information content (AvgIpc) is 2.33. The van der Waals surface area contributed by atoms with Gasteiger partial charge in [0.1, 0.15) is 11.8 Å². The van der Waals surface area contributed by atoms with Crippen molar-refractivity contribution in [2.75, 3.05) is 18.9 Å².